The third-order valence-electron chi connectivity index (χ3n) is 4.44. The normalized spacial score (nSPS) is 13.3. The third-order valence-corrected chi connectivity index (χ3v) is 7.53. The summed E-state index contributed by atoms with van der Waals surface area (Å²) in [6.07, 6.45) is 0.734. The number of sulfonamides is 1. The molecule has 0 saturated carbocycles. The number of nitro benzene ring substituents is 1. The van der Waals surface area contributed by atoms with Crippen LogP contribution in [0.1, 0.15) is 31.7 Å². The predicted molar refractivity (Wildman–Crippen MR) is 107 cm³/mol. The van der Waals surface area contributed by atoms with E-state index < -0.39 is 40.5 Å². The van der Waals surface area contributed by atoms with Crippen LogP contribution < -0.4 is 4.18 Å². The van der Waals surface area contributed by atoms with Gasteiger partial charge < -0.3 is 4.18 Å². The van der Waals surface area contributed by atoms with E-state index in [0.29, 0.717) is 11.6 Å². The smallest absolute Gasteiger partial charge is 0.346 e. The van der Waals surface area contributed by atoms with Gasteiger partial charge in [-0.15, -0.1) is 0 Å². The van der Waals surface area contributed by atoms with Crippen molar-refractivity contribution in [2.45, 2.75) is 36.0 Å². The third kappa shape index (κ3) is 4.74. The summed E-state index contributed by atoms with van der Waals surface area (Å²) in [4.78, 5) is 9.40. The van der Waals surface area contributed by atoms with Gasteiger partial charge in [0.25, 0.3) is 5.69 Å². The van der Waals surface area contributed by atoms with Crippen molar-refractivity contribution in [3.8, 4) is 5.75 Å². The minimum Gasteiger partial charge on any atom is -0.378 e. The van der Waals surface area contributed by atoms with Gasteiger partial charge >= 0.3 is 10.1 Å². The quantitative estimate of drug-likeness (QED) is 0.349. The second kappa shape index (κ2) is 8.47. The van der Waals surface area contributed by atoms with Gasteiger partial charge in [0, 0.05) is 20.2 Å². The largest absolute Gasteiger partial charge is 0.378 e. The highest BCUT2D eigenvalue weighted by atomic mass is 32.2. The molecule has 0 heterocycles. The Bertz CT molecular complexity index is 1130. The van der Waals surface area contributed by atoms with Gasteiger partial charge in [0.15, 0.2) is 4.90 Å². The van der Waals surface area contributed by atoms with E-state index in [4.69, 9.17) is 4.18 Å². The maximum absolute atomic E-state index is 12.8. The number of hydrogen-bond acceptors (Lipinski definition) is 7. The van der Waals surface area contributed by atoms with Crippen molar-refractivity contribution >= 4 is 25.8 Å². The van der Waals surface area contributed by atoms with Gasteiger partial charge in [-0.1, -0.05) is 32.0 Å². The van der Waals surface area contributed by atoms with E-state index >= 15 is 0 Å². The summed E-state index contributed by atoms with van der Waals surface area (Å²) in [5.74, 6) is 0.0742. The van der Waals surface area contributed by atoms with Crippen LogP contribution in [0.4, 0.5) is 5.69 Å². The van der Waals surface area contributed by atoms with Crippen molar-refractivity contribution < 1.29 is 25.9 Å². The lowest BCUT2D eigenvalue weighted by Crippen LogP contribution is -2.22. The predicted octanol–water partition coefficient (Wildman–Crippen LogP) is 3.13. The number of rotatable bonds is 8. The molecule has 158 valence electrons. The lowest BCUT2D eigenvalue weighted by molar-refractivity contribution is -0.388. The molecule has 9 nitrogen and oxygen atoms in total. The van der Waals surface area contributed by atoms with Crippen molar-refractivity contribution in [3.63, 3.8) is 0 Å². The molecule has 0 aliphatic rings. The SMILES string of the molecule is CC[C@H](C)c1ccccc1OS(=O)(=O)c1ccc(S(=O)(=O)N(C)C)cc1[N+](=O)[O-]. The monoisotopic (exact) mass is 442 g/mol. The summed E-state index contributed by atoms with van der Waals surface area (Å²) >= 11 is 0. The number of hydrogen-bond donors (Lipinski definition) is 0. The highest BCUT2D eigenvalue weighted by Gasteiger charge is 2.31. The molecular formula is C18H22N2O7S2. The van der Waals surface area contributed by atoms with Gasteiger partial charge in [-0.3, -0.25) is 10.1 Å². The molecule has 0 radical (unpaired) electrons. The van der Waals surface area contributed by atoms with Crippen molar-refractivity contribution in [2.24, 2.45) is 0 Å². The first-order valence-electron chi connectivity index (χ1n) is 8.66. The second-order valence-corrected chi connectivity index (χ2v) is 10.2. The lowest BCUT2D eigenvalue weighted by atomic mass is 9.98. The molecule has 0 aliphatic heterocycles. The Labute approximate surface area is 170 Å². The number of para-hydroxylation sites is 1. The summed E-state index contributed by atoms with van der Waals surface area (Å²) in [7, 11) is -6.04. The molecule has 1 atom stereocenters. The van der Waals surface area contributed by atoms with E-state index in [1.165, 1.54) is 20.2 Å². The molecule has 0 amide bonds. The van der Waals surface area contributed by atoms with Crippen molar-refractivity contribution in [3.05, 3.63) is 58.1 Å². The van der Waals surface area contributed by atoms with Gasteiger partial charge in [0.1, 0.15) is 5.75 Å². The van der Waals surface area contributed by atoms with Crippen LogP contribution >= 0.6 is 0 Å². The van der Waals surface area contributed by atoms with E-state index in [0.717, 1.165) is 22.9 Å². The van der Waals surface area contributed by atoms with Crippen LogP contribution in [0.2, 0.25) is 0 Å². The van der Waals surface area contributed by atoms with E-state index in [-0.39, 0.29) is 11.7 Å². The molecule has 0 bridgehead atoms. The van der Waals surface area contributed by atoms with Gasteiger partial charge in [-0.2, -0.15) is 8.42 Å². The van der Waals surface area contributed by atoms with Crippen LogP contribution in [0, 0.1) is 10.1 Å². The van der Waals surface area contributed by atoms with Crippen LogP contribution in [-0.2, 0) is 20.1 Å². The van der Waals surface area contributed by atoms with Crippen LogP contribution in [0.3, 0.4) is 0 Å². The van der Waals surface area contributed by atoms with Crippen LogP contribution in [-0.4, -0.2) is 40.2 Å². The van der Waals surface area contributed by atoms with Crippen molar-refractivity contribution in [1.82, 2.24) is 4.31 Å². The molecule has 2 aromatic rings. The van der Waals surface area contributed by atoms with Crippen LogP contribution in [0.5, 0.6) is 5.75 Å². The fourth-order valence-corrected chi connectivity index (χ4v) is 4.59. The minimum absolute atomic E-state index is 0.00370. The maximum atomic E-state index is 12.8. The fraction of sp³-hybridized carbons (Fsp3) is 0.333. The highest BCUT2D eigenvalue weighted by molar-refractivity contribution is 7.89. The molecule has 0 unspecified atom stereocenters. The molecule has 2 rings (SSSR count). The molecule has 0 N–H and O–H groups in total. The maximum Gasteiger partial charge on any atom is 0.346 e. The Hall–Kier alpha value is -2.50. The molecule has 2 aromatic carbocycles. The first kappa shape index (κ1) is 22.8. The Morgan fingerprint density at radius 2 is 1.72 bits per heavy atom. The van der Waals surface area contributed by atoms with E-state index in [9.17, 15) is 26.9 Å². The summed E-state index contributed by atoms with van der Waals surface area (Å²) < 4.78 is 56.2. The zero-order chi connectivity index (χ0) is 22.0. The Balaban J connectivity index is 2.58. The lowest BCUT2D eigenvalue weighted by Gasteiger charge is -2.16. The standard InChI is InChI=1S/C18H22N2O7S2/c1-5-13(2)15-8-6-7-9-17(15)27-29(25,26)18-11-10-14(12-16(18)20(21)22)28(23,24)19(3)4/h6-13H,5H2,1-4H3/t13-/m0/s1. The highest BCUT2D eigenvalue weighted by Crippen LogP contribution is 2.33. The van der Waals surface area contributed by atoms with E-state index in [1.54, 1.807) is 18.2 Å². The molecule has 29 heavy (non-hydrogen) atoms. The Morgan fingerprint density at radius 1 is 1.10 bits per heavy atom. The molecule has 0 spiro atoms. The van der Waals surface area contributed by atoms with Gasteiger partial charge in [-0.05, 0) is 36.1 Å². The summed E-state index contributed by atoms with van der Waals surface area (Å²) in [5, 5.41) is 11.5. The van der Waals surface area contributed by atoms with Crippen molar-refractivity contribution in [1.29, 1.82) is 0 Å². The average molecular weight is 443 g/mol. The molecule has 0 fully saturated rings. The average Bonchev–Trinajstić information content (AvgIpc) is 2.66. The zero-order valence-corrected chi connectivity index (χ0v) is 18.0. The molecule has 11 heteroatoms. The molecule has 0 aromatic heterocycles. The van der Waals surface area contributed by atoms with Crippen LogP contribution in [0.25, 0.3) is 0 Å². The van der Waals surface area contributed by atoms with E-state index in [2.05, 4.69) is 0 Å². The zero-order valence-electron chi connectivity index (χ0n) is 16.4. The van der Waals surface area contributed by atoms with Gasteiger partial charge in [0.2, 0.25) is 10.0 Å². The number of nitrogens with zero attached hydrogens (tertiary/aromatic N) is 2. The Morgan fingerprint density at radius 3 is 2.28 bits per heavy atom. The summed E-state index contributed by atoms with van der Waals surface area (Å²) in [6.45, 7) is 3.84. The Kier molecular flexibility index (Phi) is 6.66. The molecule has 0 aliphatic carbocycles. The summed E-state index contributed by atoms with van der Waals surface area (Å²) in [5.41, 5.74) is -0.234. The number of benzene rings is 2. The minimum atomic E-state index is -4.59. The van der Waals surface area contributed by atoms with Crippen LogP contribution in [0.15, 0.2) is 52.3 Å². The molecule has 0 saturated heterocycles. The van der Waals surface area contributed by atoms with E-state index in [1.807, 2.05) is 13.8 Å². The van der Waals surface area contributed by atoms with Crippen molar-refractivity contribution in [2.75, 3.05) is 14.1 Å². The van der Waals surface area contributed by atoms with Gasteiger partial charge in [0.05, 0.1) is 9.82 Å². The topological polar surface area (TPSA) is 124 Å². The van der Waals surface area contributed by atoms with Gasteiger partial charge in [-0.25, -0.2) is 12.7 Å². The molecular weight excluding hydrogens is 420 g/mol. The second-order valence-electron chi connectivity index (χ2n) is 6.56. The fourth-order valence-electron chi connectivity index (χ4n) is 2.57. The summed E-state index contributed by atoms with van der Waals surface area (Å²) in [6, 6.07) is 9.11. The first-order valence-corrected chi connectivity index (χ1v) is 11.5. The number of nitro groups is 1. The first-order chi connectivity index (χ1) is 13.4.